The van der Waals surface area contributed by atoms with Gasteiger partial charge in [0, 0.05) is 17.5 Å². The average Bonchev–Trinajstić information content (AvgIpc) is 2.30. The number of hydrogen-bond donors (Lipinski definition) is 1. The van der Waals surface area contributed by atoms with Crippen molar-refractivity contribution in [1.82, 2.24) is 0 Å². The summed E-state index contributed by atoms with van der Waals surface area (Å²) in [5, 5.41) is 0. The van der Waals surface area contributed by atoms with Crippen LogP contribution >= 0.6 is 0 Å². The van der Waals surface area contributed by atoms with Crippen LogP contribution in [-0.2, 0) is 0 Å². The third-order valence-electron chi connectivity index (χ3n) is 3.53. The van der Waals surface area contributed by atoms with Gasteiger partial charge in [0.05, 0.1) is 7.11 Å². The Hall–Kier alpha value is -1.35. The van der Waals surface area contributed by atoms with E-state index in [4.69, 9.17) is 10.5 Å². The Morgan fingerprint density at radius 3 is 2.32 bits per heavy atom. The lowest BCUT2D eigenvalue weighted by Gasteiger charge is -2.19. The number of methoxy groups -OCH3 is 1. The minimum atomic E-state index is -0.305. The molecule has 0 atom stereocenters. The zero-order chi connectivity index (χ0) is 14.8. The summed E-state index contributed by atoms with van der Waals surface area (Å²) in [5.74, 6) is 1.03. The molecule has 0 aliphatic heterocycles. The number of aryl methyl sites for hydroxylation is 1. The molecule has 2 N–H and O–H groups in total. The van der Waals surface area contributed by atoms with E-state index < -0.39 is 0 Å². The molecule has 3 heteroatoms. The first-order chi connectivity index (χ1) is 8.67. The first kappa shape index (κ1) is 15.7. The topological polar surface area (TPSA) is 52.3 Å². The van der Waals surface area contributed by atoms with Crippen LogP contribution in [0.4, 0.5) is 0 Å². The standard InChI is InChI=1S/C16H25NO2/c1-10-9-13(11(2)12(3)15(10)19-6)14(18)7-8-16(4,5)17/h9H,7-8,17H2,1-6H3. The number of hydrogen-bond acceptors (Lipinski definition) is 3. The van der Waals surface area contributed by atoms with Gasteiger partial charge in [-0.15, -0.1) is 0 Å². The molecule has 0 saturated carbocycles. The number of benzene rings is 1. The third-order valence-corrected chi connectivity index (χ3v) is 3.53. The lowest BCUT2D eigenvalue weighted by Crippen LogP contribution is -2.32. The normalized spacial score (nSPS) is 11.5. The van der Waals surface area contributed by atoms with Gasteiger partial charge < -0.3 is 10.5 Å². The van der Waals surface area contributed by atoms with E-state index in [-0.39, 0.29) is 11.3 Å². The van der Waals surface area contributed by atoms with Crippen LogP contribution in [0.3, 0.4) is 0 Å². The molecule has 1 aromatic carbocycles. The molecule has 0 unspecified atom stereocenters. The Bertz CT molecular complexity index is 485. The number of rotatable bonds is 5. The summed E-state index contributed by atoms with van der Waals surface area (Å²) in [6.45, 7) is 9.81. The second kappa shape index (κ2) is 5.74. The first-order valence-electron chi connectivity index (χ1n) is 6.64. The maximum atomic E-state index is 12.3. The molecular weight excluding hydrogens is 238 g/mol. The van der Waals surface area contributed by atoms with Crippen molar-refractivity contribution in [2.75, 3.05) is 7.11 Å². The maximum absolute atomic E-state index is 12.3. The van der Waals surface area contributed by atoms with Crippen molar-refractivity contribution in [3.05, 3.63) is 28.3 Å². The maximum Gasteiger partial charge on any atom is 0.163 e. The minimum Gasteiger partial charge on any atom is -0.496 e. The van der Waals surface area contributed by atoms with Gasteiger partial charge in [0.15, 0.2) is 5.78 Å². The van der Waals surface area contributed by atoms with Crippen molar-refractivity contribution < 1.29 is 9.53 Å². The van der Waals surface area contributed by atoms with Crippen LogP contribution in [0.2, 0.25) is 0 Å². The van der Waals surface area contributed by atoms with Crippen molar-refractivity contribution in [3.8, 4) is 5.75 Å². The highest BCUT2D eigenvalue weighted by molar-refractivity contribution is 5.98. The molecule has 0 radical (unpaired) electrons. The predicted octanol–water partition coefficient (Wildman–Crippen LogP) is 3.32. The number of Topliss-reactive ketones (excluding diaryl/α,β-unsaturated/α-hetero) is 1. The molecule has 0 aliphatic carbocycles. The van der Waals surface area contributed by atoms with E-state index in [9.17, 15) is 4.79 Å². The zero-order valence-corrected chi connectivity index (χ0v) is 12.9. The van der Waals surface area contributed by atoms with Crippen LogP contribution in [0.5, 0.6) is 5.75 Å². The van der Waals surface area contributed by atoms with Gasteiger partial charge in [-0.1, -0.05) is 0 Å². The van der Waals surface area contributed by atoms with E-state index in [0.717, 1.165) is 28.0 Å². The van der Waals surface area contributed by atoms with Crippen molar-refractivity contribution in [2.45, 2.75) is 53.0 Å². The Morgan fingerprint density at radius 1 is 1.26 bits per heavy atom. The number of nitrogens with two attached hydrogens (primary N) is 1. The van der Waals surface area contributed by atoms with Gasteiger partial charge in [-0.25, -0.2) is 0 Å². The van der Waals surface area contributed by atoms with Crippen LogP contribution in [0, 0.1) is 20.8 Å². The van der Waals surface area contributed by atoms with E-state index in [0.29, 0.717) is 12.8 Å². The molecule has 1 aromatic rings. The van der Waals surface area contributed by atoms with Gasteiger partial charge in [-0.3, -0.25) is 4.79 Å². The van der Waals surface area contributed by atoms with Crippen molar-refractivity contribution in [2.24, 2.45) is 5.73 Å². The highest BCUT2D eigenvalue weighted by Crippen LogP contribution is 2.29. The summed E-state index contributed by atoms with van der Waals surface area (Å²) < 4.78 is 5.37. The molecule has 0 amide bonds. The van der Waals surface area contributed by atoms with E-state index in [1.165, 1.54) is 0 Å². The monoisotopic (exact) mass is 263 g/mol. The number of ether oxygens (including phenoxy) is 1. The first-order valence-corrected chi connectivity index (χ1v) is 6.64. The third kappa shape index (κ3) is 3.80. The largest absolute Gasteiger partial charge is 0.496 e. The van der Waals surface area contributed by atoms with E-state index in [2.05, 4.69) is 0 Å². The Labute approximate surface area is 116 Å². The van der Waals surface area contributed by atoms with Crippen molar-refractivity contribution in [3.63, 3.8) is 0 Å². The average molecular weight is 263 g/mol. The Kier molecular flexibility index (Phi) is 4.75. The molecule has 0 spiro atoms. The van der Waals surface area contributed by atoms with Crippen LogP contribution in [0.25, 0.3) is 0 Å². The van der Waals surface area contributed by atoms with Crippen molar-refractivity contribution >= 4 is 5.78 Å². The van der Waals surface area contributed by atoms with E-state index in [1.54, 1.807) is 7.11 Å². The van der Waals surface area contributed by atoms with Gasteiger partial charge in [-0.2, -0.15) is 0 Å². The molecule has 19 heavy (non-hydrogen) atoms. The highest BCUT2D eigenvalue weighted by Gasteiger charge is 2.18. The van der Waals surface area contributed by atoms with E-state index >= 15 is 0 Å². The second-order valence-electron chi connectivity index (χ2n) is 5.94. The second-order valence-corrected chi connectivity index (χ2v) is 5.94. The molecule has 0 fully saturated rings. The zero-order valence-electron chi connectivity index (χ0n) is 12.9. The molecule has 0 saturated heterocycles. The van der Waals surface area contributed by atoms with Crippen LogP contribution < -0.4 is 10.5 Å². The van der Waals surface area contributed by atoms with Gasteiger partial charge in [-0.05, 0) is 63.8 Å². The van der Waals surface area contributed by atoms with Gasteiger partial charge in [0.2, 0.25) is 0 Å². The number of ketones is 1. The lowest BCUT2D eigenvalue weighted by atomic mass is 9.91. The minimum absolute atomic E-state index is 0.157. The summed E-state index contributed by atoms with van der Waals surface area (Å²) >= 11 is 0. The summed E-state index contributed by atoms with van der Waals surface area (Å²) in [7, 11) is 1.66. The van der Waals surface area contributed by atoms with Crippen LogP contribution in [-0.4, -0.2) is 18.4 Å². The van der Waals surface area contributed by atoms with Crippen LogP contribution in [0.15, 0.2) is 6.07 Å². The van der Waals surface area contributed by atoms with Gasteiger partial charge in [0.25, 0.3) is 0 Å². The lowest BCUT2D eigenvalue weighted by molar-refractivity contribution is 0.0972. The number of carbonyl (C=O) groups excluding carboxylic acids is 1. The predicted molar refractivity (Wildman–Crippen MR) is 79.0 cm³/mol. The molecule has 0 bridgehead atoms. The molecule has 0 aromatic heterocycles. The van der Waals surface area contributed by atoms with E-state index in [1.807, 2.05) is 40.7 Å². The number of carbonyl (C=O) groups is 1. The summed E-state index contributed by atoms with van der Waals surface area (Å²) in [5.41, 5.74) is 9.46. The smallest absolute Gasteiger partial charge is 0.163 e. The molecular formula is C16H25NO2. The Morgan fingerprint density at radius 2 is 1.84 bits per heavy atom. The summed E-state index contributed by atoms with van der Waals surface area (Å²) in [6.07, 6.45) is 1.17. The highest BCUT2D eigenvalue weighted by atomic mass is 16.5. The summed E-state index contributed by atoms with van der Waals surface area (Å²) in [6, 6.07) is 1.92. The molecule has 1 rings (SSSR count). The molecule has 0 heterocycles. The van der Waals surface area contributed by atoms with Gasteiger partial charge in [0.1, 0.15) is 5.75 Å². The fourth-order valence-corrected chi connectivity index (χ4v) is 2.23. The molecule has 0 aliphatic rings. The van der Waals surface area contributed by atoms with Crippen molar-refractivity contribution in [1.29, 1.82) is 0 Å². The van der Waals surface area contributed by atoms with Crippen LogP contribution in [0.1, 0.15) is 53.7 Å². The summed E-state index contributed by atoms with van der Waals surface area (Å²) in [4.78, 5) is 12.3. The SMILES string of the molecule is COc1c(C)cc(C(=O)CCC(C)(C)N)c(C)c1C. The molecule has 3 nitrogen and oxygen atoms in total. The quantitative estimate of drug-likeness (QED) is 0.829. The molecule has 106 valence electrons. The fourth-order valence-electron chi connectivity index (χ4n) is 2.23. The Balaban J connectivity index is 3.05. The fraction of sp³-hybridized carbons (Fsp3) is 0.562. The van der Waals surface area contributed by atoms with Gasteiger partial charge >= 0.3 is 0 Å².